The number of fused-ring (bicyclic) bond motifs is 1. The molecule has 7 nitrogen and oxygen atoms in total. The monoisotopic (exact) mass is 389 g/mol. The van der Waals surface area contributed by atoms with Crippen LogP contribution in [-0.2, 0) is 25.8 Å². The van der Waals surface area contributed by atoms with Crippen molar-refractivity contribution in [1.82, 2.24) is 10.3 Å². The van der Waals surface area contributed by atoms with E-state index < -0.39 is 15.9 Å². The third kappa shape index (κ3) is 3.76. The first-order chi connectivity index (χ1) is 12.9. The van der Waals surface area contributed by atoms with Gasteiger partial charge in [-0.25, -0.2) is 13.4 Å². The lowest BCUT2D eigenvalue weighted by atomic mass is 9.87. The summed E-state index contributed by atoms with van der Waals surface area (Å²) in [5.74, 6) is -0.489. The van der Waals surface area contributed by atoms with Crippen molar-refractivity contribution < 1.29 is 18.0 Å². The number of hydrazone groups is 1. The van der Waals surface area contributed by atoms with E-state index in [0.717, 1.165) is 24.8 Å². The third-order valence-electron chi connectivity index (χ3n) is 5.55. The van der Waals surface area contributed by atoms with Crippen LogP contribution in [0, 0.1) is 0 Å². The normalized spacial score (nSPS) is 27.0. The van der Waals surface area contributed by atoms with E-state index in [1.165, 1.54) is 10.6 Å². The maximum Gasteiger partial charge on any atom is 0.267 e. The van der Waals surface area contributed by atoms with E-state index in [2.05, 4.69) is 16.5 Å². The van der Waals surface area contributed by atoms with Crippen LogP contribution in [0.15, 0.2) is 29.4 Å². The van der Waals surface area contributed by atoms with Crippen molar-refractivity contribution in [3.05, 3.63) is 35.4 Å². The molecule has 1 fully saturated rings. The Morgan fingerprint density at radius 3 is 2.74 bits per heavy atom. The van der Waals surface area contributed by atoms with Gasteiger partial charge in [0.1, 0.15) is 5.71 Å². The highest BCUT2D eigenvalue weighted by atomic mass is 32.2. The smallest absolute Gasteiger partial charge is 0.267 e. The number of carbonyl (C=O) groups is 2. The van der Waals surface area contributed by atoms with Crippen molar-refractivity contribution in [3.8, 4) is 0 Å². The second kappa shape index (κ2) is 7.07. The number of benzene rings is 1. The fourth-order valence-electron chi connectivity index (χ4n) is 4.13. The summed E-state index contributed by atoms with van der Waals surface area (Å²) in [7, 11) is -3.13. The number of hydrogen-bond donors (Lipinski definition) is 1. The molecule has 144 valence electrons. The Morgan fingerprint density at radius 2 is 1.96 bits per heavy atom. The fourth-order valence-corrected chi connectivity index (χ4v) is 5.83. The van der Waals surface area contributed by atoms with Gasteiger partial charge < -0.3 is 5.32 Å². The summed E-state index contributed by atoms with van der Waals surface area (Å²) in [4.78, 5) is 25.0. The molecule has 2 aliphatic heterocycles. The lowest BCUT2D eigenvalue weighted by Crippen LogP contribution is -2.44. The molecule has 2 atom stereocenters. The maximum absolute atomic E-state index is 12.8. The number of carbonyl (C=O) groups excluding carboxylic acids is 2. The second-order valence-corrected chi connectivity index (χ2v) is 9.69. The van der Waals surface area contributed by atoms with Gasteiger partial charge in [0.2, 0.25) is 5.91 Å². The zero-order chi connectivity index (χ0) is 19.0. The van der Waals surface area contributed by atoms with Crippen LogP contribution in [0.2, 0.25) is 0 Å². The zero-order valence-electron chi connectivity index (χ0n) is 15.1. The van der Waals surface area contributed by atoms with Crippen LogP contribution in [0.25, 0.3) is 0 Å². The molecule has 0 bridgehead atoms. The lowest BCUT2D eigenvalue weighted by molar-refractivity contribution is -0.133. The van der Waals surface area contributed by atoms with Crippen molar-refractivity contribution in [1.29, 1.82) is 0 Å². The van der Waals surface area contributed by atoms with Crippen molar-refractivity contribution in [2.75, 3.05) is 11.5 Å². The zero-order valence-corrected chi connectivity index (χ0v) is 15.9. The van der Waals surface area contributed by atoms with Crippen molar-refractivity contribution in [2.24, 2.45) is 5.10 Å². The molecular formula is C19H23N3O4S. The first-order valence-corrected chi connectivity index (χ1v) is 11.2. The molecule has 0 radical (unpaired) electrons. The van der Waals surface area contributed by atoms with Crippen LogP contribution >= 0.6 is 0 Å². The SMILES string of the molecule is O=C(N[C@@H]1CCCc2ccccc21)C1=NN([C@H]2CCS(=O)(=O)C2)C(=O)CC1. The van der Waals surface area contributed by atoms with Gasteiger partial charge in [0.05, 0.1) is 23.6 Å². The first-order valence-electron chi connectivity index (χ1n) is 9.41. The highest BCUT2D eigenvalue weighted by Gasteiger charge is 2.37. The molecule has 2 heterocycles. The van der Waals surface area contributed by atoms with Crippen LogP contribution in [0.1, 0.15) is 49.3 Å². The highest BCUT2D eigenvalue weighted by molar-refractivity contribution is 7.91. The number of hydrogen-bond acceptors (Lipinski definition) is 5. The molecule has 0 unspecified atom stereocenters. The minimum absolute atomic E-state index is 0.0527. The minimum atomic E-state index is -3.13. The summed E-state index contributed by atoms with van der Waals surface area (Å²) in [5.41, 5.74) is 2.71. The Labute approximate surface area is 158 Å². The quantitative estimate of drug-likeness (QED) is 0.844. The molecule has 3 aliphatic rings. The van der Waals surface area contributed by atoms with Gasteiger partial charge in [-0.3, -0.25) is 9.59 Å². The van der Waals surface area contributed by atoms with Crippen LogP contribution in [0.3, 0.4) is 0 Å². The van der Waals surface area contributed by atoms with Gasteiger partial charge in [-0.1, -0.05) is 24.3 Å². The first kappa shape index (κ1) is 18.2. The Bertz CT molecular complexity index is 909. The molecule has 2 amide bonds. The van der Waals surface area contributed by atoms with E-state index in [0.29, 0.717) is 12.1 Å². The largest absolute Gasteiger partial charge is 0.344 e. The summed E-state index contributed by atoms with van der Waals surface area (Å²) >= 11 is 0. The Hall–Kier alpha value is -2.22. The topological polar surface area (TPSA) is 95.9 Å². The van der Waals surface area contributed by atoms with Gasteiger partial charge in [-0.05, 0) is 36.8 Å². The second-order valence-electron chi connectivity index (χ2n) is 7.46. The van der Waals surface area contributed by atoms with Crippen molar-refractivity contribution in [2.45, 2.75) is 50.6 Å². The Kier molecular flexibility index (Phi) is 4.75. The predicted molar refractivity (Wildman–Crippen MR) is 101 cm³/mol. The molecule has 4 rings (SSSR count). The van der Waals surface area contributed by atoms with E-state index in [1.54, 1.807) is 0 Å². The van der Waals surface area contributed by atoms with E-state index in [4.69, 9.17) is 0 Å². The van der Waals surface area contributed by atoms with Gasteiger partial charge in [0.25, 0.3) is 5.91 Å². The van der Waals surface area contributed by atoms with E-state index >= 15 is 0 Å². The summed E-state index contributed by atoms with van der Waals surface area (Å²) in [6.07, 6.45) is 3.75. The average molecular weight is 389 g/mol. The summed E-state index contributed by atoms with van der Waals surface area (Å²) in [6, 6.07) is 7.60. The third-order valence-corrected chi connectivity index (χ3v) is 7.30. The summed E-state index contributed by atoms with van der Waals surface area (Å²) in [6.45, 7) is 0. The number of nitrogens with zero attached hydrogens (tertiary/aromatic N) is 2. The van der Waals surface area contributed by atoms with Crippen LogP contribution < -0.4 is 5.32 Å². The average Bonchev–Trinajstić information content (AvgIpc) is 3.02. The van der Waals surface area contributed by atoms with Gasteiger partial charge in [-0.2, -0.15) is 5.10 Å². The van der Waals surface area contributed by atoms with Crippen molar-refractivity contribution >= 4 is 27.4 Å². The van der Waals surface area contributed by atoms with Gasteiger partial charge in [-0.15, -0.1) is 0 Å². The lowest BCUT2D eigenvalue weighted by Gasteiger charge is -2.29. The van der Waals surface area contributed by atoms with Crippen molar-refractivity contribution in [3.63, 3.8) is 0 Å². The predicted octanol–water partition coefficient (Wildman–Crippen LogP) is 1.35. The van der Waals surface area contributed by atoms with Gasteiger partial charge >= 0.3 is 0 Å². The number of rotatable bonds is 3. The molecule has 8 heteroatoms. The molecule has 0 spiro atoms. The molecule has 1 saturated heterocycles. The molecular weight excluding hydrogens is 366 g/mol. The van der Waals surface area contributed by atoms with E-state index in [9.17, 15) is 18.0 Å². The summed E-state index contributed by atoms with van der Waals surface area (Å²) < 4.78 is 23.4. The number of aryl methyl sites for hydroxylation is 1. The Morgan fingerprint density at radius 1 is 1.15 bits per heavy atom. The van der Waals surface area contributed by atoms with Gasteiger partial charge in [0, 0.05) is 12.8 Å². The van der Waals surface area contributed by atoms with Gasteiger partial charge in [0.15, 0.2) is 9.84 Å². The fraction of sp³-hybridized carbons (Fsp3) is 0.526. The molecule has 1 aliphatic carbocycles. The van der Waals surface area contributed by atoms with Crippen LogP contribution in [0.5, 0.6) is 0 Å². The highest BCUT2D eigenvalue weighted by Crippen LogP contribution is 2.29. The standard InChI is InChI=1S/C19H23N3O4S/c23-18-9-8-17(21-22(18)14-10-11-27(25,26)12-14)19(24)20-16-7-3-5-13-4-1-2-6-15(13)16/h1-2,4,6,14,16H,3,5,7-12H2,(H,20,24)/t14-,16+/m0/s1. The van der Waals surface area contributed by atoms with E-state index in [-0.39, 0.29) is 42.2 Å². The molecule has 27 heavy (non-hydrogen) atoms. The maximum atomic E-state index is 12.8. The van der Waals surface area contributed by atoms with Crippen LogP contribution in [-0.4, -0.2) is 48.5 Å². The number of amides is 2. The van der Waals surface area contributed by atoms with E-state index in [1.807, 2.05) is 18.2 Å². The summed E-state index contributed by atoms with van der Waals surface area (Å²) in [5, 5.41) is 8.55. The molecule has 0 aromatic heterocycles. The molecule has 0 saturated carbocycles. The molecule has 1 aromatic carbocycles. The minimum Gasteiger partial charge on any atom is -0.344 e. The molecule has 1 aromatic rings. The number of sulfone groups is 1. The molecule has 1 N–H and O–H groups in total. The number of nitrogens with one attached hydrogen (secondary N) is 1. The Balaban J connectivity index is 1.50. The van der Waals surface area contributed by atoms with Crippen LogP contribution in [0.4, 0.5) is 0 Å².